The largest absolute Gasteiger partial charge is 0.390 e. The van der Waals surface area contributed by atoms with Gasteiger partial charge in [0.2, 0.25) is 0 Å². The molecule has 2 aromatic rings. The first-order valence-corrected chi connectivity index (χ1v) is 8.35. The molecule has 1 aromatic heterocycles. The summed E-state index contributed by atoms with van der Waals surface area (Å²) < 4.78 is 1.97. The van der Waals surface area contributed by atoms with Gasteiger partial charge in [0.05, 0.1) is 18.5 Å². The van der Waals surface area contributed by atoms with Crippen molar-refractivity contribution in [2.24, 2.45) is 7.05 Å². The van der Waals surface area contributed by atoms with E-state index in [4.69, 9.17) is 0 Å². The van der Waals surface area contributed by atoms with Crippen molar-refractivity contribution in [3.63, 3.8) is 0 Å². The molecule has 5 heteroatoms. The van der Waals surface area contributed by atoms with Gasteiger partial charge >= 0.3 is 0 Å². The average Bonchev–Trinajstić information content (AvgIpc) is 2.88. The van der Waals surface area contributed by atoms with Crippen molar-refractivity contribution in [3.05, 3.63) is 41.7 Å². The summed E-state index contributed by atoms with van der Waals surface area (Å²) in [5.74, 6) is 1.00. The zero-order valence-corrected chi connectivity index (χ0v) is 13.1. The summed E-state index contributed by atoms with van der Waals surface area (Å²) in [6, 6.07) is 8.71. The van der Waals surface area contributed by atoms with Crippen LogP contribution in [-0.2, 0) is 20.1 Å². The fraction of sp³-hybridized carbons (Fsp3) is 0.438. The van der Waals surface area contributed by atoms with E-state index in [-0.39, 0.29) is 6.61 Å². The summed E-state index contributed by atoms with van der Waals surface area (Å²) in [7, 11) is 1.96. The van der Waals surface area contributed by atoms with E-state index in [1.165, 1.54) is 24.1 Å². The van der Waals surface area contributed by atoms with Gasteiger partial charge in [0.25, 0.3) is 0 Å². The Kier molecular flexibility index (Phi) is 4.51. The van der Waals surface area contributed by atoms with Crippen molar-refractivity contribution >= 4 is 17.4 Å². The number of rotatable bonds is 5. The van der Waals surface area contributed by atoms with Crippen molar-refractivity contribution in [1.29, 1.82) is 0 Å². The monoisotopic (exact) mass is 303 g/mol. The number of aromatic nitrogens is 2. The van der Waals surface area contributed by atoms with Crippen LogP contribution in [0.15, 0.2) is 35.6 Å². The molecule has 0 aliphatic carbocycles. The molecule has 4 nitrogen and oxygen atoms in total. The van der Waals surface area contributed by atoms with Crippen LogP contribution in [0.5, 0.6) is 0 Å². The Morgan fingerprint density at radius 2 is 2.19 bits per heavy atom. The van der Waals surface area contributed by atoms with E-state index in [0.717, 1.165) is 29.7 Å². The summed E-state index contributed by atoms with van der Waals surface area (Å²) in [5, 5.41) is 10.2. The molecule has 0 spiro atoms. The summed E-state index contributed by atoms with van der Waals surface area (Å²) in [6.45, 7) is 2.21. The van der Waals surface area contributed by atoms with Crippen LogP contribution in [0.1, 0.15) is 17.7 Å². The topological polar surface area (TPSA) is 41.3 Å². The molecule has 0 saturated heterocycles. The van der Waals surface area contributed by atoms with Crippen molar-refractivity contribution in [2.45, 2.75) is 24.6 Å². The van der Waals surface area contributed by atoms with E-state index in [0.29, 0.717) is 0 Å². The van der Waals surface area contributed by atoms with E-state index >= 15 is 0 Å². The molecule has 1 aromatic carbocycles. The highest BCUT2D eigenvalue weighted by Gasteiger charge is 2.16. The fourth-order valence-corrected chi connectivity index (χ4v) is 3.73. The van der Waals surface area contributed by atoms with Gasteiger partial charge in [0.15, 0.2) is 5.16 Å². The van der Waals surface area contributed by atoms with Crippen LogP contribution < -0.4 is 4.90 Å². The molecular formula is C16H21N3OS. The molecule has 3 rings (SSSR count). The number of aliphatic hydroxyl groups is 1. The molecule has 1 N–H and O–H groups in total. The number of aryl methyl sites for hydroxylation is 1. The quantitative estimate of drug-likeness (QED) is 0.862. The zero-order chi connectivity index (χ0) is 14.7. The molecule has 1 aliphatic heterocycles. The smallest absolute Gasteiger partial charge is 0.168 e. The van der Waals surface area contributed by atoms with Crippen LogP contribution >= 0.6 is 11.8 Å². The highest BCUT2D eigenvalue weighted by atomic mass is 32.2. The van der Waals surface area contributed by atoms with Crippen molar-refractivity contribution < 1.29 is 5.11 Å². The third-order valence-corrected chi connectivity index (χ3v) is 5.03. The van der Waals surface area contributed by atoms with Gasteiger partial charge in [-0.1, -0.05) is 30.0 Å². The van der Waals surface area contributed by atoms with Crippen molar-refractivity contribution in [1.82, 2.24) is 9.55 Å². The minimum atomic E-state index is 0.0452. The van der Waals surface area contributed by atoms with Gasteiger partial charge in [-0.25, -0.2) is 4.98 Å². The number of fused-ring (bicyclic) bond motifs is 1. The van der Waals surface area contributed by atoms with E-state index < -0.39 is 0 Å². The van der Waals surface area contributed by atoms with Crippen molar-refractivity contribution in [3.8, 4) is 0 Å². The predicted octanol–water partition coefficient (Wildman–Crippen LogP) is 2.46. The van der Waals surface area contributed by atoms with Crippen LogP contribution in [0.4, 0.5) is 5.69 Å². The second-order valence-corrected chi connectivity index (χ2v) is 6.38. The molecule has 0 atom stereocenters. The van der Waals surface area contributed by atoms with E-state index in [2.05, 4.69) is 34.1 Å². The third kappa shape index (κ3) is 3.09. The first-order chi connectivity index (χ1) is 10.3. The minimum absolute atomic E-state index is 0.0452. The molecule has 0 bridgehead atoms. The van der Waals surface area contributed by atoms with Gasteiger partial charge in [0.1, 0.15) is 0 Å². The van der Waals surface area contributed by atoms with E-state index in [9.17, 15) is 5.11 Å². The Hall–Kier alpha value is -1.46. The number of aliphatic hydroxyl groups excluding tert-OH is 1. The van der Waals surface area contributed by atoms with Gasteiger partial charge in [0, 0.05) is 31.6 Å². The SMILES string of the molecule is Cn1c(CO)cnc1SCCN1CCCc2ccccc21. The summed E-state index contributed by atoms with van der Waals surface area (Å²) in [5.41, 5.74) is 3.72. The lowest BCUT2D eigenvalue weighted by atomic mass is 10.0. The molecule has 1 aliphatic rings. The average molecular weight is 303 g/mol. The first-order valence-electron chi connectivity index (χ1n) is 7.36. The molecule has 0 radical (unpaired) electrons. The molecule has 2 heterocycles. The van der Waals surface area contributed by atoms with E-state index in [1.807, 2.05) is 11.6 Å². The number of hydrogen-bond acceptors (Lipinski definition) is 4. The molecule has 21 heavy (non-hydrogen) atoms. The second kappa shape index (κ2) is 6.54. The van der Waals surface area contributed by atoms with Crippen molar-refractivity contribution in [2.75, 3.05) is 23.7 Å². The summed E-state index contributed by atoms with van der Waals surface area (Å²) in [6.07, 6.45) is 4.18. The molecule has 0 unspecified atom stereocenters. The van der Waals surface area contributed by atoms with Crippen LogP contribution in [0.3, 0.4) is 0 Å². The number of benzene rings is 1. The number of hydrogen-bond donors (Lipinski definition) is 1. The molecule has 0 amide bonds. The highest BCUT2D eigenvalue weighted by Crippen LogP contribution is 2.27. The maximum atomic E-state index is 9.19. The van der Waals surface area contributed by atoms with Crippen LogP contribution in [0.2, 0.25) is 0 Å². The van der Waals surface area contributed by atoms with Gasteiger partial charge in [-0.15, -0.1) is 0 Å². The standard InChI is InChI=1S/C16H21N3OS/c1-18-14(12-20)11-17-16(18)21-10-9-19-8-4-6-13-5-2-3-7-15(13)19/h2-3,5,7,11,20H,4,6,8-10,12H2,1H3. The molecule has 0 saturated carbocycles. The molecule has 112 valence electrons. The maximum absolute atomic E-state index is 9.19. The summed E-state index contributed by atoms with van der Waals surface area (Å²) >= 11 is 1.75. The Morgan fingerprint density at radius 3 is 3.00 bits per heavy atom. The lowest BCUT2D eigenvalue weighted by Gasteiger charge is -2.31. The van der Waals surface area contributed by atoms with Gasteiger partial charge in [-0.2, -0.15) is 0 Å². The normalized spacial score (nSPS) is 14.3. The second-order valence-electron chi connectivity index (χ2n) is 5.32. The number of imidazole rings is 1. The Bertz CT molecular complexity index is 611. The number of anilines is 1. The third-order valence-electron chi connectivity index (χ3n) is 4.00. The Morgan fingerprint density at radius 1 is 1.33 bits per heavy atom. The fourth-order valence-electron chi connectivity index (χ4n) is 2.80. The van der Waals surface area contributed by atoms with Crippen LogP contribution in [0, 0.1) is 0 Å². The Labute approximate surface area is 129 Å². The van der Waals surface area contributed by atoms with Gasteiger partial charge in [-0.05, 0) is 24.5 Å². The van der Waals surface area contributed by atoms with E-state index in [1.54, 1.807) is 18.0 Å². The first kappa shape index (κ1) is 14.5. The lowest BCUT2D eigenvalue weighted by molar-refractivity contribution is 0.271. The zero-order valence-electron chi connectivity index (χ0n) is 12.3. The number of para-hydroxylation sites is 1. The number of thioether (sulfide) groups is 1. The lowest BCUT2D eigenvalue weighted by Crippen LogP contribution is -2.31. The Balaban J connectivity index is 1.60. The van der Waals surface area contributed by atoms with Gasteiger partial charge < -0.3 is 14.6 Å². The summed E-state index contributed by atoms with van der Waals surface area (Å²) in [4.78, 5) is 6.83. The van der Waals surface area contributed by atoms with Crippen LogP contribution in [-0.4, -0.2) is 33.5 Å². The molecular weight excluding hydrogens is 282 g/mol. The minimum Gasteiger partial charge on any atom is -0.390 e. The molecule has 0 fully saturated rings. The highest BCUT2D eigenvalue weighted by molar-refractivity contribution is 7.99. The van der Waals surface area contributed by atoms with Gasteiger partial charge in [-0.3, -0.25) is 0 Å². The maximum Gasteiger partial charge on any atom is 0.168 e. The van der Waals surface area contributed by atoms with Crippen LogP contribution in [0.25, 0.3) is 0 Å². The predicted molar refractivity (Wildman–Crippen MR) is 86.8 cm³/mol. The number of nitrogens with zero attached hydrogens (tertiary/aromatic N) is 3.